The van der Waals surface area contributed by atoms with Gasteiger partial charge < -0.3 is 14.6 Å². The van der Waals surface area contributed by atoms with Crippen molar-refractivity contribution in [1.82, 2.24) is 9.88 Å². The molecule has 2 aromatic heterocycles. The van der Waals surface area contributed by atoms with Crippen molar-refractivity contribution in [2.45, 2.75) is 46.2 Å². The summed E-state index contributed by atoms with van der Waals surface area (Å²) >= 11 is 0. The van der Waals surface area contributed by atoms with E-state index in [0.29, 0.717) is 6.54 Å². The van der Waals surface area contributed by atoms with Crippen LogP contribution in [0.2, 0.25) is 0 Å². The first kappa shape index (κ1) is 18.8. The molecular weight excluding hydrogens is 350 g/mol. The molecule has 0 saturated carbocycles. The molecule has 1 fully saturated rings. The van der Waals surface area contributed by atoms with Gasteiger partial charge in [-0.2, -0.15) is 5.26 Å². The molecule has 2 aromatic rings. The van der Waals surface area contributed by atoms with Crippen LogP contribution in [0.3, 0.4) is 0 Å². The number of piperidine rings is 1. The highest BCUT2D eigenvalue weighted by Crippen LogP contribution is 2.35. The third-order valence-corrected chi connectivity index (χ3v) is 6.11. The highest BCUT2D eigenvalue weighted by Gasteiger charge is 2.28. The summed E-state index contributed by atoms with van der Waals surface area (Å²) in [7, 11) is 0. The van der Waals surface area contributed by atoms with Crippen LogP contribution in [0.5, 0.6) is 0 Å². The Bertz CT molecular complexity index is 847. The van der Waals surface area contributed by atoms with Crippen molar-refractivity contribution >= 4 is 11.6 Å². The molecule has 0 amide bonds. The number of fused-ring (bicyclic) bond motifs is 1. The topological polar surface area (TPSA) is 68.3 Å². The summed E-state index contributed by atoms with van der Waals surface area (Å²) in [6.45, 7) is 9.87. The lowest BCUT2D eigenvalue weighted by Crippen LogP contribution is -2.36. The zero-order valence-corrected chi connectivity index (χ0v) is 16.9. The number of nitrogens with one attached hydrogen (secondary N) is 1. The Morgan fingerprint density at radius 2 is 2.11 bits per heavy atom. The highest BCUT2D eigenvalue weighted by molar-refractivity contribution is 5.67. The van der Waals surface area contributed by atoms with E-state index in [-0.39, 0.29) is 0 Å². The minimum absolute atomic E-state index is 0.598. The summed E-state index contributed by atoms with van der Waals surface area (Å²) in [4.78, 5) is 9.71. The van der Waals surface area contributed by atoms with Crippen LogP contribution >= 0.6 is 0 Å². The summed E-state index contributed by atoms with van der Waals surface area (Å²) in [5.41, 5.74) is 3.13. The highest BCUT2D eigenvalue weighted by atomic mass is 16.3. The van der Waals surface area contributed by atoms with Gasteiger partial charge in [0, 0.05) is 31.7 Å². The number of pyridine rings is 1. The van der Waals surface area contributed by atoms with Gasteiger partial charge in [0.15, 0.2) is 0 Å². The van der Waals surface area contributed by atoms with Crippen molar-refractivity contribution in [3.8, 4) is 6.07 Å². The second-order valence-corrected chi connectivity index (χ2v) is 7.95. The second-order valence-electron chi connectivity index (χ2n) is 7.95. The summed E-state index contributed by atoms with van der Waals surface area (Å²) in [6, 6.07) is 6.36. The van der Waals surface area contributed by atoms with Crippen molar-refractivity contribution in [2.24, 2.45) is 5.92 Å². The molecule has 1 saturated heterocycles. The number of hydrogen-bond donors (Lipinski definition) is 1. The van der Waals surface area contributed by atoms with Crippen LogP contribution in [0, 0.1) is 17.2 Å². The van der Waals surface area contributed by atoms with E-state index in [1.54, 1.807) is 6.26 Å². The van der Waals surface area contributed by atoms with Gasteiger partial charge >= 0.3 is 0 Å². The first-order valence-electron chi connectivity index (χ1n) is 10.4. The quantitative estimate of drug-likeness (QED) is 0.853. The van der Waals surface area contributed by atoms with E-state index in [0.717, 1.165) is 80.9 Å². The van der Waals surface area contributed by atoms with Gasteiger partial charge in [-0.15, -0.1) is 0 Å². The van der Waals surface area contributed by atoms with Gasteiger partial charge in [-0.05, 0) is 49.4 Å². The normalized spacial score (nSPS) is 18.0. The molecule has 28 heavy (non-hydrogen) atoms. The Labute approximate surface area is 167 Å². The van der Waals surface area contributed by atoms with Crippen LogP contribution in [0.1, 0.15) is 49.1 Å². The number of hydrogen-bond acceptors (Lipinski definition) is 6. The Kier molecular flexibility index (Phi) is 5.54. The fourth-order valence-corrected chi connectivity index (χ4v) is 4.24. The van der Waals surface area contributed by atoms with E-state index in [2.05, 4.69) is 35.0 Å². The molecule has 4 heterocycles. The zero-order chi connectivity index (χ0) is 19.5. The van der Waals surface area contributed by atoms with Gasteiger partial charge in [-0.3, -0.25) is 4.90 Å². The van der Waals surface area contributed by atoms with Gasteiger partial charge in [-0.1, -0.05) is 13.8 Å². The summed E-state index contributed by atoms with van der Waals surface area (Å²) in [6.07, 6.45) is 4.91. The van der Waals surface area contributed by atoms with Crippen molar-refractivity contribution in [3.63, 3.8) is 0 Å². The molecule has 0 bridgehead atoms. The van der Waals surface area contributed by atoms with E-state index in [4.69, 9.17) is 9.40 Å². The number of anilines is 2. The average molecular weight is 380 g/mol. The standard InChI is InChI=1S/C22H29N5O/c1-3-26-9-8-18-19(13-23)22(27-10-6-16(2)7-11-27)25-21(20(18)15-26)24-14-17-5-4-12-28-17/h4-5,12,16H,3,6-11,14-15H2,1-2H3,(H,24,25). The van der Waals surface area contributed by atoms with E-state index >= 15 is 0 Å². The molecule has 6 heteroatoms. The van der Waals surface area contributed by atoms with Crippen LogP contribution in [0.4, 0.5) is 11.6 Å². The van der Waals surface area contributed by atoms with Gasteiger partial charge in [0.25, 0.3) is 0 Å². The van der Waals surface area contributed by atoms with Crippen molar-refractivity contribution < 1.29 is 4.42 Å². The Morgan fingerprint density at radius 1 is 1.29 bits per heavy atom. The smallest absolute Gasteiger partial charge is 0.149 e. The van der Waals surface area contributed by atoms with E-state index in [1.807, 2.05) is 12.1 Å². The molecule has 0 unspecified atom stereocenters. The Hall–Kier alpha value is -2.52. The minimum atomic E-state index is 0.598. The number of nitrogens with zero attached hydrogens (tertiary/aromatic N) is 4. The van der Waals surface area contributed by atoms with Crippen LogP contribution < -0.4 is 10.2 Å². The van der Waals surface area contributed by atoms with E-state index in [1.165, 1.54) is 11.1 Å². The largest absolute Gasteiger partial charge is 0.467 e. The van der Waals surface area contributed by atoms with E-state index in [9.17, 15) is 5.26 Å². The molecule has 2 aliphatic heterocycles. The lowest BCUT2D eigenvalue weighted by atomic mass is 9.94. The molecule has 0 radical (unpaired) electrons. The predicted octanol–water partition coefficient (Wildman–Crippen LogP) is 3.77. The van der Waals surface area contributed by atoms with Crippen LogP contribution in [-0.2, 0) is 19.5 Å². The molecule has 2 aliphatic rings. The average Bonchev–Trinajstić information content (AvgIpc) is 3.25. The number of likely N-dealkylation sites (N-methyl/N-ethyl adjacent to an activating group) is 1. The zero-order valence-electron chi connectivity index (χ0n) is 16.9. The maximum atomic E-state index is 9.99. The fraction of sp³-hybridized carbons (Fsp3) is 0.545. The first-order valence-corrected chi connectivity index (χ1v) is 10.4. The monoisotopic (exact) mass is 379 g/mol. The molecule has 0 atom stereocenters. The third-order valence-electron chi connectivity index (χ3n) is 6.11. The number of aromatic nitrogens is 1. The lowest BCUT2D eigenvalue weighted by molar-refractivity contribution is 0.268. The molecule has 0 spiro atoms. The summed E-state index contributed by atoms with van der Waals surface area (Å²) in [5, 5.41) is 13.5. The minimum Gasteiger partial charge on any atom is -0.467 e. The van der Waals surface area contributed by atoms with Gasteiger partial charge in [0.2, 0.25) is 0 Å². The number of nitriles is 1. The third kappa shape index (κ3) is 3.72. The predicted molar refractivity (Wildman–Crippen MR) is 110 cm³/mol. The maximum absolute atomic E-state index is 9.99. The van der Waals surface area contributed by atoms with Crippen molar-refractivity contribution in [3.05, 3.63) is 40.8 Å². The molecule has 6 nitrogen and oxygen atoms in total. The van der Waals surface area contributed by atoms with Crippen molar-refractivity contribution in [2.75, 3.05) is 36.4 Å². The van der Waals surface area contributed by atoms with Gasteiger partial charge in [0.1, 0.15) is 23.5 Å². The van der Waals surface area contributed by atoms with Crippen LogP contribution in [0.25, 0.3) is 0 Å². The number of furan rings is 1. The summed E-state index contributed by atoms with van der Waals surface area (Å²) in [5.74, 6) is 3.39. The molecule has 1 N–H and O–H groups in total. The summed E-state index contributed by atoms with van der Waals surface area (Å²) < 4.78 is 5.48. The second kappa shape index (κ2) is 8.24. The molecular formula is C22H29N5O. The van der Waals surface area contributed by atoms with E-state index < -0.39 is 0 Å². The molecule has 0 aliphatic carbocycles. The van der Waals surface area contributed by atoms with Gasteiger partial charge in [-0.25, -0.2) is 4.98 Å². The SMILES string of the molecule is CCN1CCc2c(C#N)c(N3CCC(C)CC3)nc(NCc3ccco3)c2C1. The molecule has 0 aromatic carbocycles. The molecule has 4 rings (SSSR count). The Balaban J connectivity index is 1.72. The van der Waals surface area contributed by atoms with Crippen LogP contribution in [-0.4, -0.2) is 36.1 Å². The maximum Gasteiger partial charge on any atom is 0.149 e. The lowest BCUT2D eigenvalue weighted by Gasteiger charge is -2.35. The molecule has 148 valence electrons. The van der Waals surface area contributed by atoms with Crippen LogP contribution in [0.15, 0.2) is 22.8 Å². The Morgan fingerprint density at radius 3 is 2.79 bits per heavy atom. The number of rotatable bonds is 5. The van der Waals surface area contributed by atoms with Crippen molar-refractivity contribution in [1.29, 1.82) is 5.26 Å². The fourth-order valence-electron chi connectivity index (χ4n) is 4.24. The van der Waals surface area contributed by atoms with Gasteiger partial charge in [0.05, 0.1) is 18.4 Å². The first-order chi connectivity index (χ1) is 13.7.